The predicted molar refractivity (Wildman–Crippen MR) is 176 cm³/mol. The Balaban J connectivity index is 1.24. The summed E-state index contributed by atoms with van der Waals surface area (Å²) >= 11 is 0. The highest BCUT2D eigenvalue weighted by molar-refractivity contribution is 6.04. The third kappa shape index (κ3) is 6.84. The number of piperidine rings is 1. The lowest BCUT2D eigenvalue weighted by atomic mass is 9.83. The van der Waals surface area contributed by atoms with Crippen LogP contribution < -0.4 is 35.9 Å². The molecular formula is C35H41N5O5. The van der Waals surface area contributed by atoms with Gasteiger partial charge in [0.2, 0.25) is 0 Å². The molecule has 3 aliphatic rings. The molecule has 0 radical (unpaired) electrons. The molecule has 2 unspecified atom stereocenters. The number of urea groups is 1. The number of hydrogen-bond acceptors (Lipinski definition) is 6. The average molecular weight is 612 g/mol. The summed E-state index contributed by atoms with van der Waals surface area (Å²) < 4.78 is 12.6. The maximum absolute atomic E-state index is 13.4. The lowest BCUT2D eigenvalue weighted by Crippen LogP contribution is -2.47. The number of ether oxygens (including phenoxy) is 2. The standard InChI is InChI=1S/C35H41N5O5/c1-44-27-12-13-28(32(19-27)45-2)37-35(43)38-29-18-25(34(42)36-16-15-23-7-4-3-5-8-23)11-14-31(29)39-20-24-17-26(22-39)30-9-6-10-33(41)40(30)21-24/h6-7,9-14,18-19,24,26H,3-5,8,15-17,20-22H2,1-2H3,(H,36,42)(H2,37,38,43). The lowest BCUT2D eigenvalue weighted by Gasteiger charge is -2.44. The number of anilines is 3. The molecule has 10 heteroatoms. The Labute approximate surface area is 263 Å². The molecule has 2 bridgehead atoms. The number of nitrogens with zero attached hydrogens (tertiary/aromatic N) is 2. The van der Waals surface area contributed by atoms with E-state index in [1.165, 1.54) is 25.5 Å². The van der Waals surface area contributed by atoms with Gasteiger partial charge in [-0.1, -0.05) is 17.7 Å². The maximum atomic E-state index is 13.4. The molecule has 0 saturated carbocycles. The summed E-state index contributed by atoms with van der Waals surface area (Å²) in [6.07, 6.45) is 8.82. The van der Waals surface area contributed by atoms with Crippen molar-refractivity contribution in [1.82, 2.24) is 9.88 Å². The molecule has 1 fully saturated rings. The number of amides is 3. The topological polar surface area (TPSA) is 114 Å². The van der Waals surface area contributed by atoms with Gasteiger partial charge in [0.15, 0.2) is 0 Å². The second-order valence-electron chi connectivity index (χ2n) is 12.1. The number of benzene rings is 2. The molecule has 1 saturated heterocycles. The van der Waals surface area contributed by atoms with Crippen molar-refractivity contribution in [2.75, 3.05) is 49.4 Å². The number of methoxy groups -OCH3 is 2. The molecule has 3 aromatic rings. The van der Waals surface area contributed by atoms with Gasteiger partial charge in [0, 0.05) is 55.5 Å². The summed E-state index contributed by atoms with van der Waals surface area (Å²) in [4.78, 5) is 41.5. The highest BCUT2D eigenvalue weighted by atomic mass is 16.5. The maximum Gasteiger partial charge on any atom is 0.323 e. The van der Waals surface area contributed by atoms with E-state index in [-0.39, 0.29) is 17.4 Å². The highest BCUT2D eigenvalue weighted by Gasteiger charge is 2.35. The van der Waals surface area contributed by atoms with Crippen LogP contribution in [0.25, 0.3) is 0 Å². The van der Waals surface area contributed by atoms with Gasteiger partial charge in [-0.05, 0) is 80.8 Å². The summed E-state index contributed by atoms with van der Waals surface area (Å²) in [6.45, 7) is 2.67. The number of carbonyl (C=O) groups excluding carboxylic acids is 2. The molecule has 6 rings (SSSR count). The first-order valence-corrected chi connectivity index (χ1v) is 15.8. The number of carbonyl (C=O) groups is 2. The summed E-state index contributed by atoms with van der Waals surface area (Å²) in [5.74, 6) is 1.37. The smallest absolute Gasteiger partial charge is 0.323 e. The van der Waals surface area contributed by atoms with Crippen molar-refractivity contribution in [2.24, 2.45) is 5.92 Å². The normalized spacial score (nSPS) is 18.7. The monoisotopic (exact) mass is 611 g/mol. The van der Waals surface area contributed by atoms with E-state index in [0.29, 0.717) is 54.0 Å². The van der Waals surface area contributed by atoms with Gasteiger partial charge in [-0.2, -0.15) is 0 Å². The quantitative estimate of drug-likeness (QED) is 0.266. The molecule has 10 nitrogen and oxygen atoms in total. The zero-order valence-electron chi connectivity index (χ0n) is 25.9. The van der Waals surface area contributed by atoms with E-state index in [4.69, 9.17) is 9.47 Å². The summed E-state index contributed by atoms with van der Waals surface area (Å²) in [7, 11) is 3.10. The Morgan fingerprint density at radius 2 is 1.80 bits per heavy atom. The number of nitrogens with one attached hydrogen (secondary N) is 3. The fourth-order valence-electron chi connectivity index (χ4n) is 6.89. The lowest BCUT2D eigenvalue weighted by molar-refractivity contribution is 0.0954. The first-order chi connectivity index (χ1) is 21.9. The summed E-state index contributed by atoms with van der Waals surface area (Å²) in [5.41, 5.74) is 4.82. The van der Waals surface area contributed by atoms with Crippen LogP contribution in [0, 0.1) is 5.92 Å². The molecule has 236 valence electrons. The molecule has 3 heterocycles. The van der Waals surface area contributed by atoms with Crippen molar-refractivity contribution in [3.05, 3.63) is 87.9 Å². The van der Waals surface area contributed by atoms with Gasteiger partial charge >= 0.3 is 6.03 Å². The van der Waals surface area contributed by atoms with Crippen molar-refractivity contribution in [3.8, 4) is 11.5 Å². The molecule has 0 spiro atoms. The number of rotatable bonds is 9. The molecule has 45 heavy (non-hydrogen) atoms. The van der Waals surface area contributed by atoms with Crippen LogP contribution in [0.15, 0.2) is 71.0 Å². The fraction of sp³-hybridized carbons (Fsp3) is 0.400. The van der Waals surface area contributed by atoms with E-state index >= 15 is 0 Å². The third-order valence-corrected chi connectivity index (χ3v) is 9.10. The van der Waals surface area contributed by atoms with Crippen molar-refractivity contribution >= 4 is 29.0 Å². The fourth-order valence-corrected chi connectivity index (χ4v) is 6.89. The Morgan fingerprint density at radius 3 is 2.60 bits per heavy atom. The van der Waals surface area contributed by atoms with Gasteiger partial charge in [0.1, 0.15) is 11.5 Å². The van der Waals surface area contributed by atoms with Crippen molar-refractivity contribution < 1.29 is 19.1 Å². The third-order valence-electron chi connectivity index (χ3n) is 9.10. The second kappa shape index (κ2) is 13.5. The van der Waals surface area contributed by atoms with Crippen LogP contribution in [0.1, 0.15) is 60.5 Å². The Morgan fingerprint density at radius 1 is 0.933 bits per heavy atom. The van der Waals surface area contributed by atoms with Crippen LogP contribution in [-0.4, -0.2) is 50.4 Å². The predicted octanol–water partition coefficient (Wildman–Crippen LogP) is 5.75. The molecule has 1 aromatic heterocycles. The molecule has 2 aromatic carbocycles. The zero-order valence-corrected chi connectivity index (χ0v) is 25.9. The van der Waals surface area contributed by atoms with Crippen molar-refractivity contribution in [1.29, 1.82) is 0 Å². The summed E-state index contributed by atoms with van der Waals surface area (Å²) in [6, 6.07) is 15.7. The Kier molecular flexibility index (Phi) is 9.09. The highest BCUT2D eigenvalue weighted by Crippen LogP contribution is 2.39. The first kappa shape index (κ1) is 30.3. The minimum Gasteiger partial charge on any atom is -0.497 e. The Hall–Kier alpha value is -4.73. The van der Waals surface area contributed by atoms with Gasteiger partial charge in [-0.25, -0.2) is 4.79 Å². The van der Waals surface area contributed by atoms with Crippen LogP contribution in [0.3, 0.4) is 0 Å². The van der Waals surface area contributed by atoms with E-state index in [9.17, 15) is 14.4 Å². The van der Waals surface area contributed by atoms with Crippen molar-refractivity contribution in [3.63, 3.8) is 0 Å². The largest absolute Gasteiger partial charge is 0.497 e. The van der Waals surface area contributed by atoms with Gasteiger partial charge in [0.05, 0.1) is 31.3 Å². The van der Waals surface area contributed by atoms with E-state index in [2.05, 4.69) is 26.9 Å². The van der Waals surface area contributed by atoms with E-state index in [0.717, 1.165) is 43.6 Å². The van der Waals surface area contributed by atoms with Gasteiger partial charge in [-0.3, -0.25) is 9.59 Å². The second-order valence-corrected chi connectivity index (χ2v) is 12.1. The minimum atomic E-state index is -0.462. The number of pyridine rings is 1. The summed E-state index contributed by atoms with van der Waals surface area (Å²) in [5, 5.41) is 8.94. The number of aromatic nitrogens is 1. The average Bonchev–Trinajstić information content (AvgIpc) is 3.05. The van der Waals surface area contributed by atoms with Crippen LogP contribution in [0.2, 0.25) is 0 Å². The van der Waals surface area contributed by atoms with Crippen molar-refractivity contribution in [2.45, 2.75) is 51.0 Å². The first-order valence-electron chi connectivity index (χ1n) is 15.8. The molecule has 3 amide bonds. The number of allylic oxidation sites excluding steroid dienone is 1. The molecular weight excluding hydrogens is 570 g/mol. The van der Waals surface area contributed by atoms with Crippen LogP contribution in [-0.2, 0) is 6.54 Å². The molecule has 3 N–H and O–H groups in total. The minimum absolute atomic E-state index is 0.0405. The van der Waals surface area contributed by atoms with Gasteiger partial charge in [0.25, 0.3) is 11.5 Å². The number of hydrogen-bond donors (Lipinski definition) is 3. The molecule has 2 aliphatic heterocycles. The Bertz CT molecular complexity index is 1660. The molecule has 1 aliphatic carbocycles. The van der Waals surface area contributed by atoms with E-state index in [1.807, 2.05) is 28.8 Å². The number of fused-ring (bicyclic) bond motifs is 4. The van der Waals surface area contributed by atoms with Crippen LogP contribution in [0.4, 0.5) is 21.9 Å². The van der Waals surface area contributed by atoms with Crippen LogP contribution >= 0.6 is 0 Å². The van der Waals surface area contributed by atoms with E-state index in [1.54, 1.807) is 37.4 Å². The van der Waals surface area contributed by atoms with E-state index < -0.39 is 6.03 Å². The van der Waals surface area contributed by atoms with Gasteiger partial charge < -0.3 is 34.9 Å². The van der Waals surface area contributed by atoms with Gasteiger partial charge in [-0.15, -0.1) is 0 Å². The van der Waals surface area contributed by atoms with Crippen LogP contribution in [0.5, 0.6) is 11.5 Å². The SMILES string of the molecule is COc1ccc(NC(=O)Nc2cc(C(=O)NCCC3=CCCCC3)ccc2N2CC3CC(C2)c2cccc(=O)n2C3)c(OC)c1. The molecule has 2 atom stereocenters. The zero-order chi connectivity index (χ0) is 31.3.